The van der Waals surface area contributed by atoms with E-state index in [1.165, 1.54) is 24.3 Å². The summed E-state index contributed by atoms with van der Waals surface area (Å²) in [6, 6.07) is 15.0. The summed E-state index contributed by atoms with van der Waals surface area (Å²) < 4.78 is 36.1. The van der Waals surface area contributed by atoms with E-state index in [0.717, 1.165) is 0 Å². The number of hydrogen-bond acceptors (Lipinski definition) is 8. The van der Waals surface area contributed by atoms with Crippen LogP contribution in [0.2, 0.25) is 10.4 Å². The van der Waals surface area contributed by atoms with Crippen LogP contribution in [0.3, 0.4) is 0 Å². The lowest BCUT2D eigenvalue weighted by atomic mass is 10.3. The van der Waals surface area contributed by atoms with Crippen molar-refractivity contribution in [3.05, 3.63) is 95.1 Å². The number of benzene rings is 2. The molecular formula is C24H22Cl2F2N6O2. The summed E-state index contributed by atoms with van der Waals surface area (Å²) >= 11 is 11.3. The topological polar surface area (TPSA) is 94.1 Å². The van der Waals surface area contributed by atoms with Gasteiger partial charge in [-0.2, -0.15) is 0 Å². The monoisotopic (exact) mass is 534 g/mol. The van der Waals surface area contributed by atoms with E-state index in [2.05, 4.69) is 30.6 Å². The molecule has 0 aliphatic carbocycles. The van der Waals surface area contributed by atoms with E-state index >= 15 is 0 Å². The molecule has 2 aromatic carbocycles. The summed E-state index contributed by atoms with van der Waals surface area (Å²) in [6.45, 7) is 1.94. The van der Waals surface area contributed by atoms with Crippen molar-refractivity contribution in [3.63, 3.8) is 0 Å². The molecule has 0 saturated carbocycles. The molecule has 0 amide bonds. The number of ether oxygens (including phenoxy) is 2. The van der Waals surface area contributed by atoms with E-state index < -0.39 is 0 Å². The molecule has 0 unspecified atom stereocenters. The third kappa shape index (κ3) is 10.2. The first kappa shape index (κ1) is 26.8. The fourth-order valence-electron chi connectivity index (χ4n) is 2.60. The summed E-state index contributed by atoms with van der Waals surface area (Å²) in [6.07, 6.45) is 3.14. The largest absolute Gasteiger partial charge is 0.492 e. The standard InChI is InChI=1S/2C12H11ClFN3O/c13-12-16-6-5-11(17-12)15-7-8-18-10-3-1-9(14)2-4-10;13-11-5-6-15-12(17-11)16-7-8-18-10-3-1-9(14)2-4-10/h2*1-6H,7-8H2,(H,15,16,17). The van der Waals surface area contributed by atoms with Crippen LogP contribution in [0.25, 0.3) is 0 Å². The fraction of sp³-hybridized carbons (Fsp3) is 0.167. The molecule has 0 bridgehead atoms. The average Bonchev–Trinajstić information content (AvgIpc) is 2.87. The Labute approximate surface area is 216 Å². The molecule has 12 heteroatoms. The number of nitrogens with one attached hydrogen (secondary N) is 2. The van der Waals surface area contributed by atoms with Crippen molar-refractivity contribution in [3.8, 4) is 11.5 Å². The minimum absolute atomic E-state index is 0.194. The van der Waals surface area contributed by atoms with Gasteiger partial charge in [0, 0.05) is 12.4 Å². The van der Waals surface area contributed by atoms with Crippen molar-refractivity contribution in [2.75, 3.05) is 36.9 Å². The van der Waals surface area contributed by atoms with Gasteiger partial charge in [-0.15, -0.1) is 0 Å². The highest BCUT2D eigenvalue weighted by atomic mass is 35.5. The average molecular weight is 535 g/mol. The SMILES string of the molecule is Fc1ccc(OCCNc2ccnc(Cl)n2)cc1.Fc1ccc(OCCNc2nccc(Cl)n2)cc1. The third-order valence-electron chi connectivity index (χ3n) is 4.21. The van der Waals surface area contributed by atoms with Gasteiger partial charge in [-0.25, -0.2) is 28.7 Å². The molecule has 0 atom stereocenters. The molecule has 0 saturated heterocycles. The first-order valence-corrected chi connectivity index (χ1v) is 11.4. The minimum atomic E-state index is -0.284. The van der Waals surface area contributed by atoms with Crippen LogP contribution in [0.15, 0.2) is 73.1 Å². The van der Waals surface area contributed by atoms with Gasteiger partial charge in [-0.3, -0.25) is 0 Å². The molecule has 2 aromatic heterocycles. The Morgan fingerprint density at radius 3 is 1.78 bits per heavy atom. The Balaban J connectivity index is 0.000000201. The van der Waals surface area contributed by atoms with E-state index in [1.54, 1.807) is 48.8 Å². The highest BCUT2D eigenvalue weighted by Gasteiger charge is 1.99. The van der Waals surface area contributed by atoms with Crippen molar-refractivity contribution in [2.24, 2.45) is 0 Å². The zero-order valence-electron chi connectivity index (χ0n) is 18.9. The van der Waals surface area contributed by atoms with Crippen molar-refractivity contribution >= 4 is 35.0 Å². The molecule has 0 aliphatic heterocycles. The number of rotatable bonds is 10. The molecule has 4 rings (SSSR count). The number of halogens is 4. The van der Waals surface area contributed by atoms with E-state index in [1.807, 2.05) is 0 Å². The zero-order chi connectivity index (χ0) is 25.6. The van der Waals surface area contributed by atoms with Crippen molar-refractivity contribution < 1.29 is 18.3 Å². The van der Waals surface area contributed by atoms with Gasteiger partial charge < -0.3 is 20.1 Å². The predicted molar refractivity (Wildman–Crippen MR) is 135 cm³/mol. The molecular weight excluding hydrogens is 513 g/mol. The molecule has 36 heavy (non-hydrogen) atoms. The van der Waals surface area contributed by atoms with Crippen molar-refractivity contribution in [2.45, 2.75) is 0 Å². The highest BCUT2D eigenvalue weighted by Crippen LogP contribution is 2.12. The Bertz CT molecular complexity index is 1110. The molecule has 2 heterocycles. The number of hydrogen-bond donors (Lipinski definition) is 2. The lowest BCUT2D eigenvalue weighted by Crippen LogP contribution is -2.13. The summed E-state index contributed by atoms with van der Waals surface area (Å²) in [5.74, 6) is 1.76. The third-order valence-corrected chi connectivity index (χ3v) is 4.60. The van der Waals surface area contributed by atoms with Crippen LogP contribution in [0, 0.1) is 11.6 Å². The maximum Gasteiger partial charge on any atom is 0.224 e. The van der Waals surface area contributed by atoms with E-state index in [-0.39, 0.29) is 16.9 Å². The Morgan fingerprint density at radius 2 is 1.22 bits per heavy atom. The summed E-state index contributed by atoms with van der Waals surface area (Å²) in [4.78, 5) is 15.7. The fourth-order valence-corrected chi connectivity index (χ4v) is 2.88. The molecule has 0 fully saturated rings. The molecule has 0 radical (unpaired) electrons. The normalized spacial score (nSPS) is 10.1. The van der Waals surface area contributed by atoms with E-state index in [4.69, 9.17) is 32.7 Å². The quantitative estimate of drug-likeness (QED) is 0.156. The predicted octanol–water partition coefficient (Wildman–Crippen LogP) is 5.52. The van der Waals surface area contributed by atoms with Crippen LogP contribution in [-0.4, -0.2) is 46.2 Å². The van der Waals surface area contributed by atoms with Crippen LogP contribution in [0.4, 0.5) is 20.5 Å². The van der Waals surface area contributed by atoms with Crippen molar-refractivity contribution in [1.29, 1.82) is 0 Å². The van der Waals surface area contributed by atoms with Crippen LogP contribution < -0.4 is 20.1 Å². The molecule has 188 valence electrons. The summed E-state index contributed by atoms with van der Waals surface area (Å²) in [5, 5.41) is 6.57. The molecule has 0 aliphatic rings. The van der Waals surface area contributed by atoms with Gasteiger partial charge in [-0.1, -0.05) is 11.6 Å². The number of anilines is 2. The lowest BCUT2D eigenvalue weighted by Gasteiger charge is -2.07. The summed E-state index contributed by atoms with van der Waals surface area (Å²) in [5.41, 5.74) is 0. The van der Waals surface area contributed by atoms with Crippen LogP contribution in [0.1, 0.15) is 0 Å². The maximum absolute atomic E-state index is 12.6. The van der Waals surface area contributed by atoms with E-state index in [0.29, 0.717) is 54.7 Å². The Kier molecular flexibility index (Phi) is 10.9. The maximum atomic E-state index is 12.6. The number of aromatic nitrogens is 4. The van der Waals surface area contributed by atoms with Crippen molar-refractivity contribution in [1.82, 2.24) is 19.9 Å². The zero-order valence-corrected chi connectivity index (χ0v) is 20.4. The van der Waals surface area contributed by atoms with Crippen LogP contribution in [-0.2, 0) is 0 Å². The lowest BCUT2D eigenvalue weighted by molar-refractivity contribution is 0.332. The second-order valence-electron chi connectivity index (χ2n) is 6.87. The second kappa shape index (κ2) is 14.6. The van der Waals surface area contributed by atoms with Gasteiger partial charge in [0.05, 0.1) is 13.1 Å². The van der Waals surface area contributed by atoms with E-state index in [9.17, 15) is 8.78 Å². The highest BCUT2D eigenvalue weighted by molar-refractivity contribution is 6.29. The first-order chi connectivity index (χ1) is 17.5. The van der Waals surface area contributed by atoms with Gasteiger partial charge in [0.25, 0.3) is 0 Å². The van der Waals surface area contributed by atoms with Crippen LogP contribution in [0.5, 0.6) is 11.5 Å². The van der Waals surface area contributed by atoms with Crippen LogP contribution >= 0.6 is 23.2 Å². The minimum Gasteiger partial charge on any atom is -0.492 e. The number of nitrogens with zero attached hydrogens (tertiary/aromatic N) is 4. The first-order valence-electron chi connectivity index (χ1n) is 10.7. The Hall–Kier alpha value is -3.76. The van der Waals surface area contributed by atoms with Gasteiger partial charge >= 0.3 is 0 Å². The van der Waals surface area contributed by atoms with Gasteiger partial charge in [-0.05, 0) is 72.3 Å². The Morgan fingerprint density at radius 1 is 0.667 bits per heavy atom. The van der Waals surface area contributed by atoms with Gasteiger partial charge in [0.2, 0.25) is 11.2 Å². The molecule has 4 aromatic rings. The molecule has 2 N–H and O–H groups in total. The molecule has 8 nitrogen and oxygen atoms in total. The smallest absolute Gasteiger partial charge is 0.224 e. The second-order valence-corrected chi connectivity index (χ2v) is 7.60. The molecule has 0 spiro atoms. The van der Waals surface area contributed by atoms with Gasteiger partial charge in [0.1, 0.15) is 47.3 Å². The summed E-state index contributed by atoms with van der Waals surface area (Å²) in [7, 11) is 0. The van der Waals surface area contributed by atoms with Gasteiger partial charge in [0.15, 0.2) is 0 Å².